The second-order valence-electron chi connectivity index (χ2n) is 4.07. The van der Waals surface area contributed by atoms with Gasteiger partial charge in [0.2, 0.25) is 0 Å². The van der Waals surface area contributed by atoms with Crippen LogP contribution in [-0.2, 0) is 6.18 Å². The minimum atomic E-state index is -4.74. The van der Waals surface area contributed by atoms with E-state index in [1.807, 2.05) is 6.92 Å². The van der Waals surface area contributed by atoms with Crippen molar-refractivity contribution in [2.45, 2.75) is 32.5 Å². The minimum Gasteiger partial charge on any atom is -0.388 e. The molecule has 5 heteroatoms. The molecule has 0 aliphatic carbocycles. The summed E-state index contributed by atoms with van der Waals surface area (Å²) < 4.78 is 50.4. The zero-order chi connectivity index (χ0) is 13.2. The molecule has 0 saturated carbocycles. The minimum absolute atomic E-state index is 0.0908. The van der Waals surface area contributed by atoms with Crippen molar-refractivity contribution < 1.29 is 22.7 Å². The van der Waals surface area contributed by atoms with Crippen molar-refractivity contribution in [1.29, 1.82) is 0 Å². The van der Waals surface area contributed by atoms with Crippen molar-refractivity contribution in [3.8, 4) is 0 Å². The largest absolute Gasteiger partial charge is 0.419 e. The maximum Gasteiger partial charge on any atom is 0.419 e. The first-order valence-electron chi connectivity index (χ1n) is 5.32. The van der Waals surface area contributed by atoms with Gasteiger partial charge >= 0.3 is 6.18 Å². The number of hydrogen-bond donors (Lipinski definition) is 1. The molecule has 0 fully saturated rings. The van der Waals surface area contributed by atoms with Crippen LogP contribution in [0.4, 0.5) is 17.6 Å². The Hall–Kier alpha value is -1.10. The topological polar surface area (TPSA) is 20.2 Å². The zero-order valence-corrected chi connectivity index (χ0v) is 9.55. The molecule has 0 bridgehead atoms. The second kappa shape index (κ2) is 5.04. The van der Waals surface area contributed by atoms with Crippen LogP contribution in [0.3, 0.4) is 0 Å². The summed E-state index contributed by atoms with van der Waals surface area (Å²) in [5, 5.41) is 9.78. The third-order valence-corrected chi connectivity index (χ3v) is 2.82. The average molecular weight is 250 g/mol. The molecule has 1 aromatic rings. The van der Waals surface area contributed by atoms with Gasteiger partial charge in [-0.05, 0) is 23.6 Å². The quantitative estimate of drug-likeness (QED) is 0.806. The van der Waals surface area contributed by atoms with Gasteiger partial charge in [-0.25, -0.2) is 4.39 Å². The number of hydrogen-bond acceptors (Lipinski definition) is 1. The molecule has 1 rings (SSSR count). The molecule has 96 valence electrons. The smallest absolute Gasteiger partial charge is 0.388 e. The summed E-state index contributed by atoms with van der Waals surface area (Å²) in [5.74, 6) is -1.50. The highest BCUT2D eigenvalue weighted by Gasteiger charge is 2.34. The molecule has 0 saturated heterocycles. The van der Waals surface area contributed by atoms with Gasteiger partial charge in [0.25, 0.3) is 0 Å². The van der Waals surface area contributed by atoms with E-state index in [-0.39, 0.29) is 11.5 Å². The SMILES string of the molecule is CCC(C)C(O)c1ccc(F)c(C(F)(F)F)c1. The van der Waals surface area contributed by atoms with Crippen molar-refractivity contribution in [3.05, 3.63) is 35.1 Å². The summed E-state index contributed by atoms with van der Waals surface area (Å²) >= 11 is 0. The van der Waals surface area contributed by atoms with Crippen LogP contribution in [0.2, 0.25) is 0 Å². The van der Waals surface area contributed by atoms with Gasteiger partial charge < -0.3 is 5.11 Å². The third-order valence-electron chi connectivity index (χ3n) is 2.82. The molecule has 0 aliphatic rings. The summed E-state index contributed by atoms with van der Waals surface area (Å²) in [4.78, 5) is 0. The Bertz CT molecular complexity index is 387. The molecule has 0 aliphatic heterocycles. The van der Waals surface area contributed by atoms with Gasteiger partial charge in [-0.15, -0.1) is 0 Å². The molecule has 1 N–H and O–H groups in total. The average Bonchev–Trinajstić information content (AvgIpc) is 2.26. The van der Waals surface area contributed by atoms with Crippen molar-refractivity contribution in [1.82, 2.24) is 0 Å². The molecule has 0 spiro atoms. The van der Waals surface area contributed by atoms with Crippen molar-refractivity contribution >= 4 is 0 Å². The number of halogens is 4. The van der Waals surface area contributed by atoms with E-state index in [1.54, 1.807) is 6.92 Å². The lowest BCUT2D eigenvalue weighted by molar-refractivity contribution is -0.140. The van der Waals surface area contributed by atoms with Crippen LogP contribution in [0.5, 0.6) is 0 Å². The highest BCUT2D eigenvalue weighted by molar-refractivity contribution is 5.29. The first kappa shape index (κ1) is 14.0. The van der Waals surface area contributed by atoms with Crippen molar-refractivity contribution in [3.63, 3.8) is 0 Å². The Labute approximate surface area is 97.1 Å². The summed E-state index contributed by atoms with van der Waals surface area (Å²) in [6, 6.07) is 2.59. The van der Waals surface area contributed by atoms with Gasteiger partial charge in [0.05, 0.1) is 11.7 Å². The van der Waals surface area contributed by atoms with Gasteiger partial charge in [0.1, 0.15) is 5.82 Å². The first-order valence-corrected chi connectivity index (χ1v) is 5.32. The lowest BCUT2D eigenvalue weighted by Crippen LogP contribution is -2.12. The predicted octanol–water partition coefficient (Wildman–Crippen LogP) is 3.92. The molecule has 1 aromatic carbocycles. The fourth-order valence-electron chi connectivity index (χ4n) is 1.50. The number of aliphatic hydroxyl groups is 1. The van der Waals surface area contributed by atoms with E-state index in [4.69, 9.17) is 0 Å². The summed E-state index contributed by atoms with van der Waals surface area (Å²) in [7, 11) is 0. The van der Waals surface area contributed by atoms with E-state index in [0.29, 0.717) is 12.5 Å². The van der Waals surface area contributed by atoms with Crippen LogP contribution in [0, 0.1) is 11.7 Å². The number of rotatable bonds is 3. The Morgan fingerprint density at radius 1 is 1.29 bits per heavy atom. The van der Waals surface area contributed by atoms with E-state index in [1.165, 1.54) is 6.07 Å². The van der Waals surface area contributed by atoms with Gasteiger partial charge in [0, 0.05) is 0 Å². The number of aliphatic hydroxyl groups excluding tert-OH is 1. The van der Waals surface area contributed by atoms with Crippen LogP contribution in [0.15, 0.2) is 18.2 Å². The molecule has 2 atom stereocenters. The van der Waals surface area contributed by atoms with E-state index in [2.05, 4.69) is 0 Å². The Kier molecular flexibility index (Phi) is 4.14. The fourth-order valence-corrected chi connectivity index (χ4v) is 1.50. The van der Waals surface area contributed by atoms with Crippen LogP contribution in [-0.4, -0.2) is 5.11 Å². The molecular weight excluding hydrogens is 236 g/mol. The van der Waals surface area contributed by atoms with Crippen LogP contribution in [0.1, 0.15) is 37.5 Å². The molecule has 17 heavy (non-hydrogen) atoms. The Morgan fingerprint density at radius 2 is 1.88 bits per heavy atom. The summed E-state index contributed by atoms with van der Waals surface area (Å²) in [5.41, 5.74) is -1.24. The highest BCUT2D eigenvalue weighted by atomic mass is 19.4. The maximum atomic E-state index is 13.0. The monoisotopic (exact) mass is 250 g/mol. The standard InChI is InChI=1S/C12H14F4O/c1-3-7(2)11(17)8-4-5-10(13)9(6-8)12(14,15)16/h4-7,11,17H,3H2,1-2H3. The van der Waals surface area contributed by atoms with Gasteiger partial charge in [-0.2, -0.15) is 13.2 Å². The Morgan fingerprint density at radius 3 is 2.35 bits per heavy atom. The molecule has 0 radical (unpaired) electrons. The zero-order valence-electron chi connectivity index (χ0n) is 9.55. The van der Waals surface area contributed by atoms with Gasteiger partial charge in [-0.3, -0.25) is 0 Å². The maximum absolute atomic E-state index is 13.0. The van der Waals surface area contributed by atoms with E-state index < -0.39 is 23.7 Å². The van der Waals surface area contributed by atoms with Crippen molar-refractivity contribution in [2.75, 3.05) is 0 Å². The number of alkyl halides is 3. The second-order valence-corrected chi connectivity index (χ2v) is 4.07. The fraction of sp³-hybridized carbons (Fsp3) is 0.500. The molecule has 0 amide bonds. The summed E-state index contributed by atoms with van der Waals surface area (Å²) in [6.07, 6.45) is -5.13. The summed E-state index contributed by atoms with van der Waals surface area (Å²) in [6.45, 7) is 3.55. The molecule has 0 aromatic heterocycles. The molecule has 2 unspecified atom stereocenters. The van der Waals surface area contributed by atoms with E-state index in [0.717, 1.165) is 6.07 Å². The lowest BCUT2D eigenvalue weighted by atomic mass is 9.94. The lowest BCUT2D eigenvalue weighted by Gasteiger charge is -2.19. The Balaban J connectivity index is 3.13. The van der Waals surface area contributed by atoms with Crippen LogP contribution >= 0.6 is 0 Å². The number of benzene rings is 1. The molecule has 0 heterocycles. The van der Waals surface area contributed by atoms with Crippen LogP contribution in [0.25, 0.3) is 0 Å². The highest BCUT2D eigenvalue weighted by Crippen LogP contribution is 2.34. The molecule has 1 nitrogen and oxygen atoms in total. The third kappa shape index (κ3) is 3.19. The van der Waals surface area contributed by atoms with Crippen molar-refractivity contribution in [2.24, 2.45) is 5.92 Å². The normalized spacial score (nSPS) is 15.7. The van der Waals surface area contributed by atoms with Gasteiger partial charge in [-0.1, -0.05) is 26.3 Å². The van der Waals surface area contributed by atoms with E-state index >= 15 is 0 Å². The predicted molar refractivity (Wildman–Crippen MR) is 55.8 cm³/mol. The van der Waals surface area contributed by atoms with Gasteiger partial charge in [0.15, 0.2) is 0 Å². The van der Waals surface area contributed by atoms with E-state index in [9.17, 15) is 22.7 Å². The van der Waals surface area contributed by atoms with Crippen LogP contribution < -0.4 is 0 Å². The first-order chi connectivity index (χ1) is 7.77. The molecular formula is C12H14F4O.